The number of aliphatic hydroxyl groups excluding tert-OH is 1. The summed E-state index contributed by atoms with van der Waals surface area (Å²) in [5.41, 5.74) is -0.785. The predicted octanol–water partition coefficient (Wildman–Crippen LogP) is 1.50. The maximum Gasteiger partial charge on any atom is 0.417 e. The van der Waals surface area contributed by atoms with Gasteiger partial charge in [-0.25, -0.2) is 4.98 Å². The SMILES string of the molecule is OCCNc1ccc(C(F)(F)F)cn1. The second-order valence-corrected chi connectivity index (χ2v) is 2.58. The number of rotatable bonds is 3. The first-order chi connectivity index (χ1) is 6.54. The van der Waals surface area contributed by atoms with E-state index in [0.717, 1.165) is 12.3 Å². The van der Waals surface area contributed by atoms with Gasteiger partial charge in [0.2, 0.25) is 0 Å². The van der Waals surface area contributed by atoms with Crippen LogP contribution in [0.25, 0.3) is 0 Å². The van der Waals surface area contributed by atoms with E-state index in [2.05, 4.69) is 10.3 Å². The van der Waals surface area contributed by atoms with Gasteiger partial charge < -0.3 is 10.4 Å². The van der Waals surface area contributed by atoms with Gasteiger partial charge in [0.05, 0.1) is 12.2 Å². The third-order valence-electron chi connectivity index (χ3n) is 1.51. The van der Waals surface area contributed by atoms with Crippen LogP contribution >= 0.6 is 0 Å². The summed E-state index contributed by atoms with van der Waals surface area (Å²) in [6.45, 7) is 0.168. The third kappa shape index (κ3) is 2.88. The molecule has 0 radical (unpaired) electrons. The molecular formula is C8H9F3N2O. The molecule has 2 N–H and O–H groups in total. The number of hydrogen-bond acceptors (Lipinski definition) is 3. The Hall–Kier alpha value is -1.30. The molecule has 0 fully saturated rings. The lowest BCUT2D eigenvalue weighted by molar-refractivity contribution is -0.137. The van der Waals surface area contributed by atoms with Gasteiger partial charge in [0.25, 0.3) is 0 Å². The van der Waals surface area contributed by atoms with Crippen LogP contribution in [-0.2, 0) is 6.18 Å². The highest BCUT2D eigenvalue weighted by atomic mass is 19.4. The Bertz CT molecular complexity index is 284. The molecule has 1 aromatic rings. The molecule has 0 unspecified atom stereocenters. The van der Waals surface area contributed by atoms with E-state index in [9.17, 15) is 13.2 Å². The van der Waals surface area contributed by atoms with Gasteiger partial charge in [-0.1, -0.05) is 0 Å². The van der Waals surface area contributed by atoms with E-state index in [4.69, 9.17) is 5.11 Å². The Morgan fingerprint density at radius 3 is 2.50 bits per heavy atom. The van der Waals surface area contributed by atoms with Crippen LogP contribution < -0.4 is 5.32 Å². The van der Waals surface area contributed by atoms with Crippen molar-refractivity contribution in [3.63, 3.8) is 0 Å². The normalized spacial score (nSPS) is 11.4. The quantitative estimate of drug-likeness (QED) is 0.787. The minimum Gasteiger partial charge on any atom is -0.395 e. The van der Waals surface area contributed by atoms with Gasteiger partial charge in [0.15, 0.2) is 0 Å². The molecule has 0 aliphatic heterocycles. The summed E-state index contributed by atoms with van der Waals surface area (Å²) in [5, 5.41) is 11.1. The Balaban J connectivity index is 2.69. The van der Waals surface area contributed by atoms with Gasteiger partial charge in [-0.3, -0.25) is 0 Å². The predicted molar refractivity (Wildman–Crippen MR) is 44.8 cm³/mol. The van der Waals surface area contributed by atoms with E-state index in [0.29, 0.717) is 5.82 Å². The first-order valence-corrected chi connectivity index (χ1v) is 3.92. The van der Waals surface area contributed by atoms with Gasteiger partial charge >= 0.3 is 6.18 Å². The molecule has 0 aliphatic rings. The number of alkyl halides is 3. The average Bonchev–Trinajstić information content (AvgIpc) is 2.14. The Morgan fingerprint density at radius 2 is 2.07 bits per heavy atom. The van der Waals surface area contributed by atoms with E-state index >= 15 is 0 Å². The van der Waals surface area contributed by atoms with Crippen molar-refractivity contribution in [2.45, 2.75) is 6.18 Å². The van der Waals surface area contributed by atoms with Crippen molar-refractivity contribution in [3.05, 3.63) is 23.9 Å². The number of aromatic nitrogens is 1. The van der Waals surface area contributed by atoms with E-state index in [1.807, 2.05) is 0 Å². The number of nitrogens with zero attached hydrogens (tertiary/aromatic N) is 1. The first-order valence-electron chi connectivity index (χ1n) is 3.92. The number of hydrogen-bond donors (Lipinski definition) is 2. The molecule has 3 nitrogen and oxygen atoms in total. The summed E-state index contributed by atoms with van der Waals surface area (Å²) in [7, 11) is 0. The molecule has 6 heteroatoms. The fourth-order valence-electron chi connectivity index (χ4n) is 0.850. The molecule has 0 spiro atoms. The zero-order chi connectivity index (χ0) is 10.6. The maximum atomic E-state index is 12.1. The van der Waals surface area contributed by atoms with Gasteiger partial charge in [0, 0.05) is 12.7 Å². The monoisotopic (exact) mass is 206 g/mol. The molecule has 0 amide bonds. The van der Waals surface area contributed by atoms with Crippen molar-refractivity contribution < 1.29 is 18.3 Å². The van der Waals surface area contributed by atoms with Crippen LogP contribution in [0.4, 0.5) is 19.0 Å². The molecule has 14 heavy (non-hydrogen) atoms. The van der Waals surface area contributed by atoms with Crippen LogP contribution in [-0.4, -0.2) is 23.2 Å². The second-order valence-electron chi connectivity index (χ2n) is 2.58. The van der Waals surface area contributed by atoms with Crippen LogP contribution in [0, 0.1) is 0 Å². The Morgan fingerprint density at radius 1 is 1.36 bits per heavy atom. The van der Waals surface area contributed by atoms with Crippen LogP contribution in [0.3, 0.4) is 0 Å². The molecule has 1 aromatic heterocycles. The van der Waals surface area contributed by atoms with Crippen LogP contribution in [0.5, 0.6) is 0 Å². The highest BCUT2D eigenvalue weighted by Crippen LogP contribution is 2.28. The molecule has 0 bridgehead atoms. The molecule has 78 valence electrons. The summed E-state index contributed by atoms with van der Waals surface area (Å²) < 4.78 is 36.2. The van der Waals surface area contributed by atoms with E-state index in [1.165, 1.54) is 6.07 Å². The smallest absolute Gasteiger partial charge is 0.395 e. The van der Waals surface area contributed by atoms with Crippen LogP contribution in [0.2, 0.25) is 0 Å². The highest BCUT2D eigenvalue weighted by molar-refractivity contribution is 5.35. The van der Waals surface area contributed by atoms with Crippen molar-refractivity contribution >= 4 is 5.82 Å². The van der Waals surface area contributed by atoms with Gasteiger partial charge in [0.1, 0.15) is 5.82 Å². The summed E-state index contributed by atoms with van der Waals surface area (Å²) in [6.07, 6.45) is -3.61. The molecule has 1 heterocycles. The van der Waals surface area contributed by atoms with Crippen molar-refractivity contribution in [1.29, 1.82) is 0 Å². The number of aliphatic hydroxyl groups is 1. The lowest BCUT2D eigenvalue weighted by Gasteiger charge is -2.07. The fourth-order valence-corrected chi connectivity index (χ4v) is 0.850. The summed E-state index contributed by atoms with van der Waals surface area (Å²) >= 11 is 0. The summed E-state index contributed by atoms with van der Waals surface area (Å²) in [6, 6.07) is 2.16. The van der Waals surface area contributed by atoms with Gasteiger partial charge in [-0.05, 0) is 12.1 Å². The highest BCUT2D eigenvalue weighted by Gasteiger charge is 2.30. The fraction of sp³-hybridized carbons (Fsp3) is 0.375. The third-order valence-corrected chi connectivity index (χ3v) is 1.51. The summed E-state index contributed by atoms with van der Waals surface area (Å²) in [4.78, 5) is 3.54. The van der Waals surface area contributed by atoms with Crippen molar-refractivity contribution in [2.24, 2.45) is 0 Å². The molecular weight excluding hydrogens is 197 g/mol. The van der Waals surface area contributed by atoms with Crippen LogP contribution in [0.15, 0.2) is 18.3 Å². The maximum absolute atomic E-state index is 12.1. The van der Waals surface area contributed by atoms with E-state index in [-0.39, 0.29) is 13.2 Å². The van der Waals surface area contributed by atoms with Crippen molar-refractivity contribution in [3.8, 4) is 0 Å². The standard InChI is InChI=1S/C8H9F3N2O/c9-8(10,11)6-1-2-7(13-5-6)12-3-4-14/h1-2,5,14H,3-4H2,(H,12,13). The van der Waals surface area contributed by atoms with Crippen molar-refractivity contribution in [1.82, 2.24) is 4.98 Å². The number of anilines is 1. The minimum absolute atomic E-state index is 0.0945. The minimum atomic E-state index is -4.36. The molecule has 0 aromatic carbocycles. The lowest BCUT2D eigenvalue weighted by Crippen LogP contribution is -2.09. The van der Waals surface area contributed by atoms with Crippen LogP contribution in [0.1, 0.15) is 5.56 Å². The second kappa shape index (κ2) is 4.28. The summed E-state index contributed by atoms with van der Waals surface area (Å²) in [5.74, 6) is 0.312. The number of pyridine rings is 1. The molecule has 0 atom stereocenters. The Labute approximate surface area is 78.6 Å². The molecule has 0 saturated carbocycles. The number of nitrogens with one attached hydrogen (secondary N) is 1. The molecule has 0 saturated heterocycles. The topological polar surface area (TPSA) is 45.1 Å². The average molecular weight is 206 g/mol. The zero-order valence-electron chi connectivity index (χ0n) is 7.17. The van der Waals surface area contributed by atoms with E-state index < -0.39 is 11.7 Å². The number of halogens is 3. The Kier molecular flexibility index (Phi) is 3.29. The van der Waals surface area contributed by atoms with E-state index in [1.54, 1.807) is 0 Å². The molecule has 1 rings (SSSR count). The van der Waals surface area contributed by atoms with Gasteiger partial charge in [-0.2, -0.15) is 13.2 Å². The van der Waals surface area contributed by atoms with Gasteiger partial charge in [-0.15, -0.1) is 0 Å². The van der Waals surface area contributed by atoms with Crippen molar-refractivity contribution in [2.75, 3.05) is 18.5 Å². The largest absolute Gasteiger partial charge is 0.417 e. The molecule has 0 aliphatic carbocycles. The lowest BCUT2D eigenvalue weighted by atomic mass is 10.3. The zero-order valence-corrected chi connectivity index (χ0v) is 7.17. The first kappa shape index (κ1) is 10.8.